The highest BCUT2D eigenvalue weighted by atomic mass is 32.7. The predicted molar refractivity (Wildman–Crippen MR) is 202 cm³/mol. The van der Waals surface area contributed by atoms with Crippen molar-refractivity contribution in [1.29, 1.82) is 0 Å². The number of carbonyl (C=O) groups is 1. The van der Waals surface area contributed by atoms with Crippen LogP contribution in [0, 0.1) is 0 Å². The van der Waals surface area contributed by atoms with Gasteiger partial charge in [-0.25, -0.2) is 4.79 Å². The number of carbonyl (C=O) groups excluding carboxylic acids is 1. The van der Waals surface area contributed by atoms with Gasteiger partial charge in [0.05, 0.1) is 26.9 Å². The Morgan fingerprint density at radius 1 is 0.885 bits per heavy atom. The maximum Gasteiger partial charge on any atom is 0.351 e. The summed E-state index contributed by atoms with van der Waals surface area (Å²) in [7, 11) is 3.23. The maximum atomic E-state index is 13.3. The Morgan fingerprint density at radius 2 is 1.44 bits per heavy atom. The molecule has 1 aliphatic rings. The lowest BCUT2D eigenvalue weighted by Crippen LogP contribution is -2.38. The van der Waals surface area contributed by atoms with Gasteiger partial charge in [-0.1, -0.05) is 84.2 Å². The summed E-state index contributed by atoms with van der Waals surface area (Å²) in [6.45, 7) is -1.54. The molecule has 0 spiro atoms. The summed E-state index contributed by atoms with van der Waals surface area (Å²) in [4.78, 5) is 30.1. The standard InChI is InChI=1S/C39H40N3O8PS/c1-46-31-19-15-29(16-20-31)39(28-13-9-6-10-14-28,30-17-21-32(47-2)22-18-30)48-26-34-33(50-51(3,45)52-4)25-36(49-34)42-24-23-35(41-38(42)44)40-37(43)27-11-7-5-8-12-27/h5-24,33-34,36H,25-26H2,1-4H3,(H,40,41,43,44)/t33-,34+,36+,51?/m0/s1. The fraction of sp³-hybridized carbons (Fsp3) is 0.256. The number of hydrogen-bond acceptors (Lipinski definition) is 10. The molecule has 11 nitrogen and oxygen atoms in total. The molecule has 1 saturated heterocycles. The smallest absolute Gasteiger partial charge is 0.351 e. The van der Waals surface area contributed by atoms with E-state index in [4.69, 9.17) is 23.5 Å². The molecule has 4 atom stereocenters. The first-order valence-corrected chi connectivity index (χ1v) is 20.5. The highest BCUT2D eigenvalue weighted by molar-refractivity contribution is 8.56. The van der Waals surface area contributed by atoms with E-state index in [-0.39, 0.29) is 24.8 Å². The van der Waals surface area contributed by atoms with Crippen LogP contribution in [0.4, 0.5) is 5.82 Å². The van der Waals surface area contributed by atoms with E-state index in [1.165, 1.54) is 16.8 Å². The molecule has 1 fully saturated rings. The van der Waals surface area contributed by atoms with Crippen molar-refractivity contribution in [3.05, 3.63) is 154 Å². The van der Waals surface area contributed by atoms with E-state index in [1.807, 2.05) is 84.9 Å². The van der Waals surface area contributed by atoms with Gasteiger partial charge in [-0.15, -0.1) is 0 Å². The Hall–Kier alpha value is -4.71. The van der Waals surface area contributed by atoms with Crippen molar-refractivity contribution < 1.29 is 32.8 Å². The number of nitrogens with one attached hydrogen (secondary N) is 1. The molecule has 0 bridgehead atoms. The van der Waals surface area contributed by atoms with Gasteiger partial charge in [0.15, 0.2) is 0 Å². The van der Waals surface area contributed by atoms with E-state index < -0.39 is 36.3 Å². The topological polar surface area (TPSA) is 127 Å². The van der Waals surface area contributed by atoms with Crippen LogP contribution in [-0.2, 0) is 24.2 Å². The summed E-state index contributed by atoms with van der Waals surface area (Å²) in [5.74, 6) is 1.10. The first kappa shape index (κ1) is 37.1. The Bertz CT molecular complexity index is 2020. The van der Waals surface area contributed by atoms with E-state index in [2.05, 4.69) is 10.3 Å². The Kier molecular flexibility index (Phi) is 11.6. The Morgan fingerprint density at radius 3 is 1.98 bits per heavy atom. The summed E-state index contributed by atoms with van der Waals surface area (Å²) < 4.78 is 45.4. The molecule has 4 aromatic carbocycles. The highest BCUT2D eigenvalue weighted by Crippen LogP contribution is 2.57. The molecule has 5 aromatic rings. The number of aromatic nitrogens is 2. The summed E-state index contributed by atoms with van der Waals surface area (Å²) in [6, 6.07) is 35.4. The van der Waals surface area contributed by atoms with Crippen LogP contribution < -0.4 is 20.5 Å². The molecule has 1 unspecified atom stereocenters. The van der Waals surface area contributed by atoms with Gasteiger partial charge in [0.25, 0.3) is 12.5 Å². The average molecular weight is 742 g/mol. The number of anilines is 1. The first-order valence-electron chi connectivity index (χ1n) is 16.6. The number of ether oxygens (including phenoxy) is 4. The lowest BCUT2D eigenvalue weighted by molar-refractivity contribution is -0.0911. The van der Waals surface area contributed by atoms with Crippen molar-refractivity contribution in [2.75, 3.05) is 39.1 Å². The third kappa shape index (κ3) is 8.17. The first-order chi connectivity index (χ1) is 25.2. The van der Waals surface area contributed by atoms with E-state index in [1.54, 1.807) is 51.4 Å². The van der Waals surface area contributed by atoms with Crippen molar-refractivity contribution in [1.82, 2.24) is 9.55 Å². The van der Waals surface area contributed by atoms with Gasteiger partial charge in [0.2, 0.25) is 0 Å². The molecule has 52 heavy (non-hydrogen) atoms. The maximum absolute atomic E-state index is 13.3. The van der Waals surface area contributed by atoms with Crippen LogP contribution in [0.25, 0.3) is 0 Å². The molecule has 13 heteroatoms. The third-order valence-electron chi connectivity index (χ3n) is 8.89. The lowest BCUT2D eigenvalue weighted by atomic mass is 9.80. The van der Waals surface area contributed by atoms with Crippen molar-refractivity contribution >= 4 is 29.7 Å². The summed E-state index contributed by atoms with van der Waals surface area (Å²) in [6.07, 6.45) is 1.20. The van der Waals surface area contributed by atoms with Crippen molar-refractivity contribution in [3.8, 4) is 11.5 Å². The number of nitrogens with zero attached hydrogens (tertiary/aromatic N) is 2. The average Bonchev–Trinajstić information content (AvgIpc) is 3.57. The van der Waals surface area contributed by atoms with Crippen LogP contribution in [0.1, 0.15) is 39.7 Å². The summed E-state index contributed by atoms with van der Waals surface area (Å²) >= 11 is 1.14. The van der Waals surface area contributed by atoms with Crippen LogP contribution in [0.3, 0.4) is 0 Å². The van der Waals surface area contributed by atoms with Crippen molar-refractivity contribution in [2.45, 2.75) is 30.5 Å². The number of hydrogen-bond donors (Lipinski definition) is 1. The molecule has 1 amide bonds. The monoisotopic (exact) mass is 741 g/mol. The van der Waals surface area contributed by atoms with Crippen molar-refractivity contribution in [2.24, 2.45) is 0 Å². The van der Waals surface area contributed by atoms with Crippen LogP contribution in [-0.4, -0.2) is 61.4 Å². The predicted octanol–water partition coefficient (Wildman–Crippen LogP) is 7.38. The molecule has 1 N–H and O–H groups in total. The molecule has 1 aromatic heterocycles. The molecular weight excluding hydrogens is 701 g/mol. The Balaban J connectivity index is 1.34. The minimum Gasteiger partial charge on any atom is -0.497 e. The van der Waals surface area contributed by atoms with Gasteiger partial charge >= 0.3 is 5.69 Å². The zero-order chi connectivity index (χ0) is 36.7. The van der Waals surface area contributed by atoms with E-state index in [9.17, 15) is 14.2 Å². The minimum absolute atomic E-state index is 0.00407. The van der Waals surface area contributed by atoms with Crippen LogP contribution in [0.15, 0.2) is 126 Å². The molecular formula is C39H40N3O8PS. The van der Waals surface area contributed by atoms with Gasteiger partial charge in [-0.05, 0) is 65.4 Å². The largest absolute Gasteiger partial charge is 0.497 e. The minimum atomic E-state index is -3.10. The van der Waals surface area contributed by atoms with Crippen LogP contribution in [0.2, 0.25) is 0 Å². The van der Waals surface area contributed by atoms with Crippen LogP contribution >= 0.6 is 18.0 Å². The van der Waals surface area contributed by atoms with Crippen molar-refractivity contribution in [3.63, 3.8) is 0 Å². The molecule has 1 aliphatic heterocycles. The SMILES string of the molecule is COc1ccc(C(OC[C@H]2O[C@@H](n3ccc(NC(=O)c4ccccc4)nc3=O)C[C@@H]2OP(C)(=O)SC)(c2ccccc2)c2ccc(OC)cc2)cc1. The molecule has 2 heterocycles. The fourth-order valence-corrected chi connectivity index (χ4v) is 7.57. The number of methoxy groups -OCH3 is 2. The van der Waals surface area contributed by atoms with Gasteiger partial charge in [-0.2, -0.15) is 4.98 Å². The second-order valence-electron chi connectivity index (χ2n) is 12.1. The number of amides is 1. The summed E-state index contributed by atoms with van der Waals surface area (Å²) in [5.41, 5.74) is 1.18. The highest BCUT2D eigenvalue weighted by Gasteiger charge is 2.44. The molecule has 0 aliphatic carbocycles. The normalized spacial score (nSPS) is 18.3. The number of benzene rings is 4. The molecule has 6 rings (SSSR count). The van der Waals surface area contributed by atoms with Gasteiger partial charge in [0, 0.05) is 24.8 Å². The van der Waals surface area contributed by atoms with E-state index in [0.29, 0.717) is 17.1 Å². The third-order valence-corrected chi connectivity index (χ3v) is 12.5. The zero-order valence-electron chi connectivity index (χ0n) is 29.2. The lowest BCUT2D eigenvalue weighted by Gasteiger charge is -2.37. The summed E-state index contributed by atoms with van der Waals surface area (Å²) in [5, 5.41) is 2.67. The zero-order valence-corrected chi connectivity index (χ0v) is 30.9. The Labute approximate surface area is 306 Å². The second-order valence-corrected chi connectivity index (χ2v) is 17.3. The van der Waals surface area contributed by atoms with E-state index >= 15 is 0 Å². The van der Waals surface area contributed by atoms with Gasteiger partial charge in [-0.3, -0.25) is 13.9 Å². The van der Waals surface area contributed by atoms with Crippen LogP contribution in [0.5, 0.6) is 11.5 Å². The molecule has 0 radical (unpaired) electrons. The second kappa shape index (κ2) is 16.3. The molecule has 0 saturated carbocycles. The fourth-order valence-electron chi connectivity index (χ4n) is 6.18. The van der Waals surface area contributed by atoms with Gasteiger partial charge < -0.3 is 28.8 Å². The van der Waals surface area contributed by atoms with E-state index in [0.717, 1.165) is 28.1 Å². The van der Waals surface area contributed by atoms with Gasteiger partial charge in [0.1, 0.15) is 35.2 Å². The quantitative estimate of drug-likeness (QED) is 0.0910. The molecule has 270 valence electrons. The number of rotatable bonds is 14.